The molecule has 1 aromatic carbocycles. The standard InChI is InChI=1S/C13H18F3N3O/c1-19(5-6-20-9-13(14,15)16)8-10-3-2-4-11(7-10)12(17)18/h2-4,7H,5-6,8-9H2,1H3,(H3,17,18). The van der Waals surface area contributed by atoms with E-state index >= 15 is 0 Å². The largest absolute Gasteiger partial charge is 0.411 e. The van der Waals surface area contributed by atoms with Crippen LogP contribution in [0.25, 0.3) is 0 Å². The molecule has 0 fully saturated rings. The molecule has 0 radical (unpaired) electrons. The van der Waals surface area contributed by atoms with Crippen LogP contribution in [-0.4, -0.2) is 43.7 Å². The lowest BCUT2D eigenvalue weighted by atomic mass is 10.1. The Balaban J connectivity index is 2.37. The summed E-state index contributed by atoms with van der Waals surface area (Å²) in [6, 6.07) is 7.19. The smallest absolute Gasteiger partial charge is 0.384 e. The maximum atomic E-state index is 11.9. The van der Waals surface area contributed by atoms with Gasteiger partial charge in [-0.05, 0) is 18.7 Å². The molecular weight excluding hydrogens is 271 g/mol. The third-order valence-corrected chi connectivity index (χ3v) is 2.57. The first-order valence-electron chi connectivity index (χ1n) is 6.04. The molecule has 20 heavy (non-hydrogen) atoms. The zero-order valence-electron chi connectivity index (χ0n) is 11.2. The van der Waals surface area contributed by atoms with Crippen molar-refractivity contribution in [1.82, 2.24) is 4.90 Å². The Hall–Kier alpha value is -1.60. The average molecular weight is 289 g/mol. The van der Waals surface area contributed by atoms with E-state index in [2.05, 4.69) is 4.74 Å². The average Bonchev–Trinajstić information content (AvgIpc) is 2.34. The minimum Gasteiger partial charge on any atom is -0.384 e. The molecule has 3 N–H and O–H groups in total. The number of hydrogen-bond donors (Lipinski definition) is 2. The molecule has 0 bridgehead atoms. The van der Waals surface area contributed by atoms with Gasteiger partial charge in [-0.15, -0.1) is 0 Å². The Morgan fingerprint density at radius 2 is 2.10 bits per heavy atom. The van der Waals surface area contributed by atoms with Gasteiger partial charge in [0.1, 0.15) is 12.4 Å². The molecule has 0 aliphatic carbocycles. The molecule has 1 aromatic rings. The molecule has 4 nitrogen and oxygen atoms in total. The van der Waals surface area contributed by atoms with Gasteiger partial charge in [0, 0.05) is 18.7 Å². The predicted octanol–water partition coefficient (Wildman–Crippen LogP) is 1.98. The van der Waals surface area contributed by atoms with Gasteiger partial charge in [-0.1, -0.05) is 18.2 Å². The second-order valence-corrected chi connectivity index (χ2v) is 4.52. The molecule has 7 heteroatoms. The summed E-state index contributed by atoms with van der Waals surface area (Å²) in [5, 5.41) is 7.35. The van der Waals surface area contributed by atoms with Gasteiger partial charge in [0.2, 0.25) is 0 Å². The normalized spacial score (nSPS) is 11.8. The lowest BCUT2D eigenvalue weighted by Gasteiger charge is -2.17. The fourth-order valence-corrected chi connectivity index (χ4v) is 1.64. The summed E-state index contributed by atoms with van der Waals surface area (Å²) < 4.78 is 40.2. The summed E-state index contributed by atoms with van der Waals surface area (Å²) in [4.78, 5) is 1.84. The van der Waals surface area contributed by atoms with Crippen molar-refractivity contribution in [3.63, 3.8) is 0 Å². The molecule has 0 saturated carbocycles. The second-order valence-electron chi connectivity index (χ2n) is 4.52. The summed E-state index contributed by atoms with van der Waals surface area (Å²) in [6.45, 7) is -0.264. The van der Waals surface area contributed by atoms with E-state index in [-0.39, 0.29) is 12.4 Å². The van der Waals surface area contributed by atoms with E-state index in [0.29, 0.717) is 18.7 Å². The van der Waals surface area contributed by atoms with Crippen molar-refractivity contribution in [3.05, 3.63) is 35.4 Å². The quantitative estimate of drug-likeness (QED) is 0.458. The summed E-state index contributed by atoms with van der Waals surface area (Å²) in [5.74, 6) is -0.0111. The molecule has 0 atom stereocenters. The third-order valence-electron chi connectivity index (χ3n) is 2.57. The third kappa shape index (κ3) is 6.53. The number of amidine groups is 1. The first-order valence-corrected chi connectivity index (χ1v) is 6.04. The number of nitrogen functional groups attached to an aromatic ring is 1. The van der Waals surface area contributed by atoms with Gasteiger partial charge in [-0.3, -0.25) is 10.3 Å². The SMILES string of the molecule is CN(CCOCC(F)(F)F)Cc1cccc(C(=N)N)c1. The Morgan fingerprint density at radius 1 is 1.40 bits per heavy atom. The van der Waals surface area contributed by atoms with Crippen LogP contribution in [0, 0.1) is 5.41 Å². The zero-order chi connectivity index (χ0) is 15.2. The van der Waals surface area contributed by atoms with E-state index in [9.17, 15) is 13.2 Å². The van der Waals surface area contributed by atoms with E-state index in [0.717, 1.165) is 5.56 Å². The molecule has 0 aliphatic heterocycles. The van der Waals surface area contributed by atoms with Crippen LogP contribution in [0.1, 0.15) is 11.1 Å². The first-order chi connectivity index (χ1) is 9.28. The van der Waals surface area contributed by atoms with Crippen LogP contribution in [0.5, 0.6) is 0 Å². The van der Waals surface area contributed by atoms with Crippen molar-refractivity contribution >= 4 is 5.84 Å². The number of nitrogens with two attached hydrogens (primary N) is 1. The molecule has 0 amide bonds. The van der Waals surface area contributed by atoms with Crippen LogP contribution in [0.2, 0.25) is 0 Å². The first kappa shape index (κ1) is 16.5. The molecule has 112 valence electrons. The number of likely N-dealkylation sites (N-methyl/N-ethyl adjacent to an activating group) is 1. The molecule has 0 aromatic heterocycles. The molecular formula is C13H18F3N3O. The monoisotopic (exact) mass is 289 g/mol. The number of alkyl halides is 3. The highest BCUT2D eigenvalue weighted by molar-refractivity contribution is 5.95. The fourth-order valence-electron chi connectivity index (χ4n) is 1.64. The van der Waals surface area contributed by atoms with Crippen molar-refractivity contribution in [2.45, 2.75) is 12.7 Å². The van der Waals surface area contributed by atoms with E-state index in [1.165, 1.54) is 0 Å². The van der Waals surface area contributed by atoms with Gasteiger partial charge in [-0.25, -0.2) is 0 Å². The van der Waals surface area contributed by atoms with Crippen molar-refractivity contribution in [1.29, 1.82) is 5.41 Å². The Kier molecular flexibility index (Phi) is 5.97. The lowest BCUT2D eigenvalue weighted by Crippen LogP contribution is -2.25. The maximum absolute atomic E-state index is 11.9. The number of benzene rings is 1. The van der Waals surface area contributed by atoms with E-state index in [4.69, 9.17) is 11.1 Å². The van der Waals surface area contributed by atoms with Gasteiger partial charge >= 0.3 is 6.18 Å². The van der Waals surface area contributed by atoms with Gasteiger partial charge in [-0.2, -0.15) is 13.2 Å². The van der Waals surface area contributed by atoms with Gasteiger partial charge in [0.05, 0.1) is 6.61 Å². The number of hydrogen-bond acceptors (Lipinski definition) is 3. The minimum atomic E-state index is -4.28. The number of ether oxygens (including phenoxy) is 1. The summed E-state index contributed by atoms with van der Waals surface area (Å²) in [5.41, 5.74) is 6.97. The molecule has 0 unspecified atom stereocenters. The Morgan fingerprint density at radius 3 is 2.70 bits per heavy atom. The van der Waals surface area contributed by atoms with Crippen LogP contribution in [0.4, 0.5) is 13.2 Å². The maximum Gasteiger partial charge on any atom is 0.411 e. The predicted molar refractivity (Wildman–Crippen MR) is 70.7 cm³/mol. The summed E-state index contributed by atoms with van der Waals surface area (Å²) in [7, 11) is 1.79. The fraction of sp³-hybridized carbons (Fsp3) is 0.462. The number of halogens is 3. The number of rotatable bonds is 7. The van der Waals surface area contributed by atoms with Crippen molar-refractivity contribution in [3.8, 4) is 0 Å². The van der Waals surface area contributed by atoms with Crippen LogP contribution in [0.3, 0.4) is 0 Å². The highest BCUT2D eigenvalue weighted by atomic mass is 19.4. The Labute approximate surface area is 115 Å². The molecule has 0 spiro atoms. The topological polar surface area (TPSA) is 62.3 Å². The molecule has 0 saturated heterocycles. The van der Waals surface area contributed by atoms with Gasteiger partial charge < -0.3 is 10.5 Å². The molecule has 0 aliphatic rings. The number of nitrogens with one attached hydrogen (secondary N) is 1. The van der Waals surface area contributed by atoms with Crippen molar-refractivity contribution in [2.75, 3.05) is 26.8 Å². The van der Waals surface area contributed by atoms with Crippen LogP contribution in [-0.2, 0) is 11.3 Å². The van der Waals surface area contributed by atoms with E-state index < -0.39 is 12.8 Å². The highest BCUT2D eigenvalue weighted by Gasteiger charge is 2.27. The van der Waals surface area contributed by atoms with Crippen LogP contribution >= 0.6 is 0 Å². The van der Waals surface area contributed by atoms with Crippen LogP contribution < -0.4 is 5.73 Å². The summed E-state index contributed by atoms with van der Waals surface area (Å²) >= 11 is 0. The highest BCUT2D eigenvalue weighted by Crippen LogP contribution is 2.14. The van der Waals surface area contributed by atoms with Gasteiger partial charge in [0.15, 0.2) is 0 Å². The van der Waals surface area contributed by atoms with Crippen molar-refractivity contribution in [2.24, 2.45) is 5.73 Å². The van der Waals surface area contributed by atoms with Crippen molar-refractivity contribution < 1.29 is 17.9 Å². The zero-order valence-corrected chi connectivity index (χ0v) is 11.2. The van der Waals surface area contributed by atoms with E-state index in [1.54, 1.807) is 25.2 Å². The lowest BCUT2D eigenvalue weighted by molar-refractivity contribution is -0.174. The van der Waals surface area contributed by atoms with E-state index in [1.807, 2.05) is 11.0 Å². The molecule has 0 heterocycles. The second kappa shape index (κ2) is 7.25. The summed E-state index contributed by atoms with van der Waals surface area (Å²) in [6.07, 6.45) is -4.28. The van der Waals surface area contributed by atoms with Crippen LogP contribution in [0.15, 0.2) is 24.3 Å². The van der Waals surface area contributed by atoms with Gasteiger partial charge in [0.25, 0.3) is 0 Å². The number of nitrogens with zero attached hydrogens (tertiary/aromatic N) is 1. The molecule has 1 rings (SSSR count). The Bertz CT molecular complexity index is 449. The minimum absolute atomic E-state index is 0.0111.